The van der Waals surface area contributed by atoms with Crippen LogP contribution in [0.1, 0.15) is 60.3 Å². The van der Waals surface area contributed by atoms with Crippen molar-refractivity contribution in [3.63, 3.8) is 0 Å². The van der Waals surface area contributed by atoms with Crippen molar-refractivity contribution in [3.8, 4) is 0 Å². The lowest BCUT2D eigenvalue weighted by molar-refractivity contribution is 0.377. The third-order valence-electron chi connectivity index (χ3n) is 4.31. The average Bonchev–Trinajstić information content (AvgIpc) is 2.37. The second-order valence-electron chi connectivity index (χ2n) is 6.83. The molecule has 1 aliphatic rings. The van der Waals surface area contributed by atoms with E-state index in [0.717, 1.165) is 6.42 Å². The smallest absolute Gasteiger partial charge is 0.0104 e. The highest BCUT2D eigenvalue weighted by molar-refractivity contribution is 5.36. The first-order valence-electron chi connectivity index (χ1n) is 7.89. The molecule has 1 aliphatic carbocycles. The molecule has 0 aliphatic heterocycles. The van der Waals surface area contributed by atoms with Gasteiger partial charge in [0.1, 0.15) is 0 Å². The normalized spacial score (nSPS) is 22.0. The molecule has 0 heterocycles. The van der Waals surface area contributed by atoms with Crippen LogP contribution in [0.2, 0.25) is 0 Å². The molecule has 0 fully saturated rings. The Kier molecular flexibility index (Phi) is 6.52. The average molecular weight is 271 g/mol. The molecule has 1 radical (unpaired) electrons. The molecular weight excluding hydrogens is 240 g/mol. The molecule has 0 saturated carbocycles. The SMILES string of the molecule is [CH2]C[C@@H](C)/C=C/C=C(C)\C=C\C1=C(C)CCCC1(C)C. The zero-order chi connectivity index (χ0) is 15.2. The lowest BCUT2D eigenvalue weighted by Crippen LogP contribution is -2.19. The zero-order valence-electron chi connectivity index (χ0n) is 14.0. The van der Waals surface area contributed by atoms with E-state index in [9.17, 15) is 0 Å². The number of rotatable bonds is 5. The molecule has 0 aromatic rings. The van der Waals surface area contributed by atoms with Crippen LogP contribution in [0.15, 0.2) is 47.1 Å². The summed E-state index contributed by atoms with van der Waals surface area (Å²) in [5.41, 5.74) is 4.73. The van der Waals surface area contributed by atoms with Crippen LogP contribution >= 0.6 is 0 Å². The summed E-state index contributed by atoms with van der Waals surface area (Å²) in [5, 5.41) is 0. The van der Waals surface area contributed by atoms with E-state index < -0.39 is 0 Å². The molecule has 0 bridgehead atoms. The Labute approximate surface area is 126 Å². The maximum atomic E-state index is 3.91. The van der Waals surface area contributed by atoms with Gasteiger partial charge in [-0.2, -0.15) is 0 Å². The van der Waals surface area contributed by atoms with Gasteiger partial charge in [-0.3, -0.25) is 0 Å². The van der Waals surface area contributed by atoms with Gasteiger partial charge in [0.2, 0.25) is 0 Å². The van der Waals surface area contributed by atoms with Crippen LogP contribution in [0.3, 0.4) is 0 Å². The Morgan fingerprint density at radius 2 is 2.10 bits per heavy atom. The third-order valence-corrected chi connectivity index (χ3v) is 4.31. The predicted octanol–water partition coefficient (Wildman–Crippen LogP) is 6.43. The van der Waals surface area contributed by atoms with E-state index in [1.807, 2.05) is 0 Å². The predicted molar refractivity (Wildman–Crippen MR) is 91.5 cm³/mol. The topological polar surface area (TPSA) is 0 Å². The maximum absolute atomic E-state index is 3.91. The van der Waals surface area contributed by atoms with Crippen molar-refractivity contribution in [1.29, 1.82) is 0 Å². The summed E-state index contributed by atoms with van der Waals surface area (Å²) in [6.45, 7) is 15.3. The molecule has 1 atom stereocenters. The van der Waals surface area contributed by atoms with Crippen molar-refractivity contribution >= 4 is 0 Å². The number of hydrogen-bond donors (Lipinski definition) is 0. The van der Waals surface area contributed by atoms with Crippen LogP contribution < -0.4 is 0 Å². The minimum absolute atomic E-state index is 0.331. The summed E-state index contributed by atoms with van der Waals surface area (Å²) in [6.07, 6.45) is 16.0. The van der Waals surface area contributed by atoms with Gasteiger partial charge in [0.25, 0.3) is 0 Å². The van der Waals surface area contributed by atoms with Crippen LogP contribution in [-0.4, -0.2) is 0 Å². The van der Waals surface area contributed by atoms with E-state index in [1.165, 1.54) is 30.4 Å². The quantitative estimate of drug-likeness (QED) is 0.505. The van der Waals surface area contributed by atoms with Crippen molar-refractivity contribution in [2.24, 2.45) is 11.3 Å². The Hall–Kier alpha value is -1.04. The van der Waals surface area contributed by atoms with Crippen molar-refractivity contribution < 1.29 is 0 Å². The van der Waals surface area contributed by atoms with Crippen molar-refractivity contribution in [2.75, 3.05) is 0 Å². The molecule has 20 heavy (non-hydrogen) atoms. The van der Waals surface area contributed by atoms with E-state index >= 15 is 0 Å². The largest absolute Gasteiger partial charge is 0.0817 e. The molecule has 0 unspecified atom stereocenters. The standard InChI is InChI=1S/C20H31/c1-7-16(2)10-8-11-17(3)13-14-19-18(4)12-9-15-20(19,5)6/h8,10-11,13-14,16H,1,7,9,12,15H2,2-6H3/b10-8+,14-13+,17-11-/t16-/m1/s1. The van der Waals surface area contributed by atoms with Crippen LogP contribution in [0.25, 0.3) is 0 Å². The molecule has 0 aromatic heterocycles. The van der Waals surface area contributed by atoms with Crippen molar-refractivity contribution in [3.05, 3.63) is 54.0 Å². The molecule has 0 spiro atoms. The third kappa shape index (κ3) is 5.15. The summed E-state index contributed by atoms with van der Waals surface area (Å²) in [5.74, 6) is 0.560. The molecule has 0 nitrogen and oxygen atoms in total. The molecular formula is C20H31. The van der Waals surface area contributed by atoms with Gasteiger partial charge >= 0.3 is 0 Å². The Balaban J connectivity index is 2.76. The minimum atomic E-state index is 0.331. The summed E-state index contributed by atoms with van der Waals surface area (Å²) < 4.78 is 0. The van der Waals surface area contributed by atoms with Crippen molar-refractivity contribution in [2.45, 2.75) is 60.3 Å². The van der Waals surface area contributed by atoms with Gasteiger partial charge in [-0.25, -0.2) is 0 Å². The van der Waals surface area contributed by atoms with E-state index in [1.54, 1.807) is 5.57 Å². The molecule has 1 rings (SSSR count). The highest BCUT2D eigenvalue weighted by Crippen LogP contribution is 2.40. The van der Waals surface area contributed by atoms with Gasteiger partial charge < -0.3 is 0 Å². The lowest BCUT2D eigenvalue weighted by atomic mass is 9.72. The molecule has 0 heteroatoms. The summed E-state index contributed by atoms with van der Waals surface area (Å²) in [6, 6.07) is 0. The van der Waals surface area contributed by atoms with E-state index in [2.05, 4.69) is 71.9 Å². The summed E-state index contributed by atoms with van der Waals surface area (Å²) in [7, 11) is 0. The number of hydrogen-bond acceptors (Lipinski definition) is 0. The maximum Gasteiger partial charge on any atom is -0.0104 e. The first-order valence-corrected chi connectivity index (χ1v) is 7.89. The van der Waals surface area contributed by atoms with E-state index in [0.29, 0.717) is 11.3 Å². The molecule has 0 amide bonds. The molecule has 111 valence electrons. The fourth-order valence-corrected chi connectivity index (χ4v) is 2.77. The zero-order valence-corrected chi connectivity index (χ0v) is 14.0. The van der Waals surface area contributed by atoms with Crippen molar-refractivity contribution in [1.82, 2.24) is 0 Å². The minimum Gasteiger partial charge on any atom is -0.0817 e. The second kappa shape index (κ2) is 7.67. The van der Waals surface area contributed by atoms with Gasteiger partial charge in [0, 0.05) is 0 Å². The van der Waals surface area contributed by atoms with Crippen LogP contribution in [-0.2, 0) is 0 Å². The highest BCUT2D eigenvalue weighted by atomic mass is 14.3. The van der Waals surface area contributed by atoms with Crippen LogP contribution in [0.4, 0.5) is 0 Å². The van der Waals surface area contributed by atoms with E-state index in [4.69, 9.17) is 0 Å². The van der Waals surface area contributed by atoms with Gasteiger partial charge in [0.05, 0.1) is 0 Å². The molecule has 0 aromatic carbocycles. The Morgan fingerprint density at radius 3 is 2.70 bits per heavy atom. The highest BCUT2D eigenvalue weighted by Gasteiger charge is 2.26. The molecule has 0 N–H and O–H groups in total. The Bertz CT molecular complexity index is 427. The van der Waals surface area contributed by atoms with Gasteiger partial charge in [-0.15, -0.1) is 0 Å². The fraction of sp³-hybridized carbons (Fsp3) is 0.550. The van der Waals surface area contributed by atoms with Gasteiger partial charge in [-0.05, 0) is 56.4 Å². The van der Waals surface area contributed by atoms with Crippen LogP contribution in [0, 0.1) is 18.3 Å². The second-order valence-corrected chi connectivity index (χ2v) is 6.83. The molecule has 0 saturated heterocycles. The Morgan fingerprint density at radius 1 is 1.40 bits per heavy atom. The number of allylic oxidation sites excluding steroid dienone is 8. The lowest BCUT2D eigenvalue weighted by Gasteiger charge is -2.32. The summed E-state index contributed by atoms with van der Waals surface area (Å²) in [4.78, 5) is 0. The first kappa shape index (κ1) is 17.0. The fourth-order valence-electron chi connectivity index (χ4n) is 2.77. The summed E-state index contributed by atoms with van der Waals surface area (Å²) >= 11 is 0. The van der Waals surface area contributed by atoms with Crippen LogP contribution in [0.5, 0.6) is 0 Å². The van der Waals surface area contributed by atoms with Gasteiger partial charge in [-0.1, -0.05) is 69.2 Å². The van der Waals surface area contributed by atoms with Gasteiger partial charge in [0.15, 0.2) is 0 Å². The first-order chi connectivity index (χ1) is 9.36. The van der Waals surface area contributed by atoms with E-state index in [-0.39, 0.29) is 0 Å². The monoisotopic (exact) mass is 271 g/mol.